The highest BCUT2D eigenvalue weighted by atomic mass is 32.2. The number of amides is 2. The van der Waals surface area contributed by atoms with E-state index < -0.39 is 35.7 Å². The van der Waals surface area contributed by atoms with Crippen molar-refractivity contribution < 1.29 is 28.7 Å². The van der Waals surface area contributed by atoms with E-state index in [2.05, 4.69) is 10.6 Å². The van der Waals surface area contributed by atoms with E-state index in [9.17, 15) is 19.2 Å². The van der Waals surface area contributed by atoms with Gasteiger partial charge in [-0.1, -0.05) is 32.4 Å². The second-order valence-corrected chi connectivity index (χ2v) is 7.66. The number of benzene rings is 1. The molecule has 1 aliphatic rings. The molecular formula is C19H24N2O6S. The topological polar surface area (TPSA) is 111 Å². The molecule has 2 rings (SSSR count). The molecule has 0 aromatic heterocycles. The zero-order valence-electron chi connectivity index (χ0n) is 16.0. The monoisotopic (exact) mass is 408 g/mol. The number of carbonyl (C=O) groups is 4. The first-order chi connectivity index (χ1) is 13.3. The van der Waals surface area contributed by atoms with Gasteiger partial charge in [0.1, 0.15) is 6.04 Å². The average molecular weight is 408 g/mol. The van der Waals surface area contributed by atoms with Crippen LogP contribution in [-0.4, -0.2) is 48.8 Å². The van der Waals surface area contributed by atoms with Crippen molar-refractivity contribution in [2.45, 2.75) is 42.9 Å². The molecule has 0 radical (unpaired) electrons. The summed E-state index contributed by atoms with van der Waals surface area (Å²) in [4.78, 5) is 48.9. The van der Waals surface area contributed by atoms with Crippen LogP contribution in [0.2, 0.25) is 0 Å². The highest BCUT2D eigenvalue weighted by molar-refractivity contribution is 8.01. The van der Waals surface area contributed by atoms with Gasteiger partial charge >= 0.3 is 11.9 Å². The normalized spacial score (nSPS) is 17.5. The van der Waals surface area contributed by atoms with Crippen molar-refractivity contribution in [3.05, 3.63) is 24.3 Å². The number of methoxy groups -OCH3 is 1. The first-order valence-corrected chi connectivity index (χ1v) is 9.83. The van der Waals surface area contributed by atoms with Crippen LogP contribution in [0.1, 0.15) is 26.7 Å². The van der Waals surface area contributed by atoms with Crippen LogP contribution in [0.5, 0.6) is 0 Å². The van der Waals surface area contributed by atoms with Crippen molar-refractivity contribution in [3.63, 3.8) is 0 Å². The fraction of sp³-hybridized carbons (Fsp3) is 0.474. The van der Waals surface area contributed by atoms with E-state index in [0.717, 1.165) is 4.90 Å². The molecule has 0 aliphatic carbocycles. The van der Waals surface area contributed by atoms with Crippen LogP contribution < -0.4 is 10.6 Å². The number of esters is 2. The van der Waals surface area contributed by atoms with E-state index in [0.29, 0.717) is 12.1 Å². The molecule has 0 bridgehead atoms. The van der Waals surface area contributed by atoms with Crippen molar-refractivity contribution in [1.29, 1.82) is 0 Å². The number of para-hydroxylation sites is 1. The van der Waals surface area contributed by atoms with Crippen LogP contribution in [0, 0.1) is 5.92 Å². The van der Waals surface area contributed by atoms with Crippen LogP contribution in [-0.2, 0) is 28.7 Å². The lowest BCUT2D eigenvalue weighted by molar-refractivity contribution is -0.151. The zero-order valence-corrected chi connectivity index (χ0v) is 16.8. The standard InChI is InChI=1S/C19H24N2O6S/c1-4-11(2)17(19(25)26-3)21-15(22)10-27-16(23)9-14-18(24)20-12-7-5-6-8-13(12)28-14/h5-8,11,14,17H,4,9-10H2,1-3H3,(H,20,24)(H,21,22)/t11-,14-,17-/m1/s1. The van der Waals surface area contributed by atoms with Crippen molar-refractivity contribution in [2.24, 2.45) is 5.92 Å². The minimum atomic E-state index is -0.808. The molecule has 9 heteroatoms. The summed E-state index contributed by atoms with van der Waals surface area (Å²) in [6.07, 6.45) is 0.499. The van der Waals surface area contributed by atoms with Crippen LogP contribution >= 0.6 is 11.8 Å². The molecule has 3 atom stereocenters. The van der Waals surface area contributed by atoms with E-state index >= 15 is 0 Å². The zero-order chi connectivity index (χ0) is 20.7. The molecule has 1 aliphatic heterocycles. The van der Waals surface area contributed by atoms with Gasteiger partial charge < -0.3 is 20.1 Å². The van der Waals surface area contributed by atoms with Crippen LogP contribution in [0.3, 0.4) is 0 Å². The third-order valence-corrected chi connectivity index (χ3v) is 5.68. The SMILES string of the molecule is CC[C@@H](C)[C@@H](NC(=O)COC(=O)C[C@H]1Sc2ccccc2NC1=O)C(=O)OC. The maximum atomic E-state index is 12.1. The Bertz CT molecular complexity index is 754. The van der Waals surface area contributed by atoms with Crippen LogP contribution in [0.15, 0.2) is 29.2 Å². The minimum Gasteiger partial charge on any atom is -0.467 e. The van der Waals surface area contributed by atoms with Crippen LogP contribution in [0.4, 0.5) is 5.69 Å². The van der Waals surface area contributed by atoms with Gasteiger partial charge in [0, 0.05) is 4.90 Å². The fourth-order valence-corrected chi connectivity index (χ4v) is 3.69. The van der Waals surface area contributed by atoms with E-state index in [-0.39, 0.29) is 18.2 Å². The molecule has 0 fully saturated rings. The lowest BCUT2D eigenvalue weighted by Gasteiger charge is -2.23. The number of fused-ring (bicyclic) bond motifs is 1. The van der Waals surface area contributed by atoms with Gasteiger partial charge in [-0.2, -0.15) is 0 Å². The summed E-state index contributed by atoms with van der Waals surface area (Å²) in [5, 5.41) is 4.64. The molecular weight excluding hydrogens is 384 g/mol. The summed E-state index contributed by atoms with van der Waals surface area (Å²) >= 11 is 1.28. The molecule has 28 heavy (non-hydrogen) atoms. The van der Waals surface area contributed by atoms with Gasteiger partial charge in [0.2, 0.25) is 5.91 Å². The first-order valence-electron chi connectivity index (χ1n) is 8.95. The molecule has 8 nitrogen and oxygen atoms in total. The number of hydrogen-bond acceptors (Lipinski definition) is 7. The number of rotatable bonds is 8. The summed E-state index contributed by atoms with van der Waals surface area (Å²) in [6, 6.07) is 6.49. The lowest BCUT2D eigenvalue weighted by Crippen LogP contribution is -2.47. The Morgan fingerprint density at radius 3 is 2.68 bits per heavy atom. The number of carbonyl (C=O) groups excluding carboxylic acids is 4. The third-order valence-electron chi connectivity index (χ3n) is 4.41. The molecule has 0 spiro atoms. The van der Waals surface area contributed by atoms with E-state index in [1.807, 2.05) is 32.0 Å². The number of thioether (sulfide) groups is 1. The fourth-order valence-electron chi connectivity index (χ4n) is 2.59. The molecule has 2 N–H and O–H groups in total. The Hall–Kier alpha value is -2.55. The highest BCUT2D eigenvalue weighted by Crippen LogP contribution is 2.36. The van der Waals surface area contributed by atoms with Crippen molar-refractivity contribution in [2.75, 3.05) is 19.0 Å². The summed E-state index contributed by atoms with van der Waals surface area (Å²) in [7, 11) is 1.24. The van der Waals surface area contributed by atoms with E-state index in [1.165, 1.54) is 18.9 Å². The van der Waals surface area contributed by atoms with Crippen LogP contribution in [0.25, 0.3) is 0 Å². The summed E-state index contributed by atoms with van der Waals surface area (Å²) in [5.74, 6) is -2.24. The van der Waals surface area contributed by atoms with Gasteiger partial charge in [0.05, 0.1) is 24.5 Å². The van der Waals surface area contributed by atoms with Crippen molar-refractivity contribution in [1.82, 2.24) is 5.32 Å². The quantitative estimate of drug-likeness (QED) is 0.630. The number of ether oxygens (including phenoxy) is 2. The van der Waals surface area contributed by atoms with Gasteiger partial charge in [-0.15, -0.1) is 11.8 Å². The smallest absolute Gasteiger partial charge is 0.328 e. The summed E-state index contributed by atoms with van der Waals surface area (Å²) in [6.45, 7) is 3.17. The minimum absolute atomic E-state index is 0.130. The maximum Gasteiger partial charge on any atom is 0.328 e. The molecule has 0 unspecified atom stereocenters. The molecule has 0 saturated heterocycles. The van der Waals surface area contributed by atoms with Crippen molar-refractivity contribution >= 4 is 41.2 Å². The first kappa shape index (κ1) is 21.7. The highest BCUT2D eigenvalue weighted by Gasteiger charge is 2.30. The van der Waals surface area contributed by atoms with E-state index in [1.54, 1.807) is 6.07 Å². The molecule has 1 aromatic carbocycles. The van der Waals surface area contributed by atoms with Gasteiger partial charge in [-0.05, 0) is 18.1 Å². The Labute approximate surface area is 167 Å². The second-order valence-electron chi connectivity index (χ2n) is 6.41. The third kappa shape index (κ3) is 5.72. The number of anilines is 1. The summed E-state index contributed by atoms with van der Waals surface area (Å²) in [5.41, 5.74) is 0.709. The molecule has 2 amide bonds. The number of hydrogen-bond donors (Lipinski definition) is 2. The van der Waals surface area contributed by atoms with E-state index in [4.69, 9.17) is 9.47 Å². The van der Waals surface area contributed by atoms with Gasteiger partial charge in [0.25, 0.3) is 5.91 Å². The largest absolute Gasteiger partial charge is 0.467 e. The predicted octanol–water partition coefficient (Wildman–Crippen LogP) is 1.74. The molecule has 0 saturated carbocycles. The Kier molecular flexibility index (Phi) is 7.86. The van der Waals surface area contributed by atoms with Crippen molar-refractivity contribution in [3.8, 4) is 0 Å². The average Bonchev–Trinajstić information content (AvgIpc) is 2.69. The Balaban J connectivity index is 1.84. The predicted molar refractivity (Wildman–Crippen MR) is 104 cm³/mol. The number of nitrogens with one attached hydrogen (secondary N) is 2. The second kappa shape index (κ2) is 10.1. The maximum absolute atomic E-state index is 12.1. The lowest BCUT2D eigenvalue weighted by atomic mass is 9.99. The Morgan fingerprint density at radius 1 is 1.29 bits per heavy atom. The molecule has 152 valence electrons. The van der Waals surface area contributed by atoms with Gasteiger partial charge in [0.15, 0.2) is 6.61 Å². The van der Waals surface area contributed by atoms with Gasteiger partial charge in [-0.25, -0.2) is 4.79 Å². The Morgan fingerprint density at radius 2 is 2.00 bits per heavy atom. The molecule has 1 heterocycles. The molecule has 1 aromatic rings. The van der Waals surface area contributed by atoms with Gasteiger partial charge in [-0.3, -0.25) is 14.4 Å². The summed E-state index contributed by atoms with van der Waals surface area (Å²) < 4.78 is 9.67.